The SMILES string of the molecule is CNCc1ccc(OCc2nnnn2-c2ccc(C)cc2)c(OC)c1.Cl. The number of aromatic nitrogens is 4. The molecule has 0 unspecified atom stereocenters. The number of nitrogens with zero attached hydrogens (tertiary/aromatic N) is 4. The van der Waals surface area contributed by atoms with E-state index in [0.29, 0.717) is 17.3 Å². The summed E-state index contributed by atoms with van der Waals surface area (Å²) in [6.45, 7) is 3.04. The zero-order chi connectivity index (χ0) is 17.6. The van der Waals surface area contributed by atoms with Gasteiger partial charge in [-0.3, -0.25) is 0 Å². The maximum Gasteiger partial charge on any atom is 0.194 e. The maximum absolute atomic E-state index is 5.88. The average Bonchev–Trinajstić information content (AvgIpc) is 3.10. The molecule has 26 heavy (non-hydrogen) atoms. The van der Waals surface area contributed by atoms with Gasteiger partial charge >= 0.3 is 0 Å². The summed E-state index contributed by atoms with van der Waals surface area (Å²) >= 11 is 0. The lowest BCUT2D eigenvalue weighted by molar-refractivity contribution is 0.273. The molecule has 3 aromatic rings. The molecule has 0 atom stereocenters. The van der Waals surface area contributed by atoms with Gasteiger partial charge in [-0.2, -0.15) is 4.68 Å². The topological polar surface area (TPSA) is 74.1 Å². The summed E-state index contributed by atoms with van der Waals surface area (Å²) in [5.74, 6) is 1.95. The Balaban J connectivity index is 0.00000243. The molecule has 0 aliphatic rings. The second kappa shape index (κ2) is 9.17. The van der Waals surface area contributed by atoms with Crippen molar-refractivity contribution in [2.75, 3.05) is 14.2 Å². The molecule has 1 heterocycles. The maximum atomic E-state index is 5.88. The Hall–Kier alpha value is -2.64. The lowest BCUT2D eigenvalue weighted by Gasteiger charge is -2.12. The number of methoxy groups -OCH3 is 1. The van der Waals surface area contributed by atoms with Crippen molar-refractivity contribution in [1.82, 2.24) is 25.5 Å². The predicted molar refractivity (Wildman–Crippen MR) is 101 cm³/mol. The third-order valence-electron chi connectivity index (χ3n) is 3.78. The molecule has 0 saturated carbocycles. The van der Waals surface area contributed by atoms with Gasteiger partial charge in [0.05, 0.1) is 12.8 Å². The summed E-state index contributed by atoms with van der Waals surface area (Å²) in [4.78, 5) is 0. The largest absolute Gasteiger partial charge is 0.493 e. The van der Waals surface area contributed by atoms with E-state index in [4.69, 9.17) is 9.47 Å². The highest BCUT2D eigenvalue weighted by atomic mass is 35.5. The van der Waals surface area contributed by atoms with Crippen molar-refractivity contribution in [3.8, 4) is 17.2 Å². The highest BCUT2D eigenvalue weighted by molar-refractivity contribution is 5.85. The highest BCUT2D eigenvalue weighted by Crippen LogP contribution is 2.28. The number of ether oxygens (including phenoxy) is 2. The third-order valence-corrected chi connectivity index (χ3v) is 3.78. The number of tetrazole rings is 1. The lowest BCUT2D eigenvalue weighted by Crippen LogP contribution is -2.08. The summed E-state index contributed by atoms with van der Waals surface area (Å²) in [6, 6.07) is 13.8. The number of aryl methyl sites for hydroxylation is 1. The fraction of sp³-hybridized carbons (Fsp3) is 0.278. The van der Waals surface area contributed by atoms with Crippen molar-refractivity contribution in [2.45, 2.75) is 20.1 Å². The molecular formula is C18H22ClN5O2. The molecular weight excluding hydrogens is 354 g/mol. The Morgan fingerprint density at radius 2 is 1.85 bits per heavy atom. The fourth-order valence-corrected chi connectivity index (χ4v) is 2.47. The Bertz CT molecular complexity index is 836. The number of hydrogen-bond acceptors (Lipinski definition) is 6. The Labute approximate surface area is 158 Å². The van der Waals surface area contributed by atoms with Crippen LogP contribution in [0, 0.1) is 6.92 Å². The number of halogens is 1. The van der Waals surface area contributed by atoms with E-state index < -0.39 is 0 Å². The van der Waals surface area contributed by atoms with Crippen LogP contribution >= 0.6 is 12.4 Å². The zero-order valence-electron chi connectivity index (χ0n) is 15.0. The quantitative estimate of drug-likeness (QED) is 0.684. The van der Waals surface area contributed by atoms with Crippen LogP contribution in [0.3, 0.4) is 0 Å². The van der Waals surface area contributed by atoms with Crippen LogP contribution in [-0.2, 0) is 13.2 Å². The lowest BCUT2D eigenvalue weighted by atomic mass is 10.2. The number of hydrogen-bond donors (Lipinski definition) is 1. The first-order valence-electron chi connectivity index (χ1n) is 8.00. The van der Waals surface area contributed by atoms with Gasteiger partial charge in [-0.1, -0.05) is 23.8 Å². The van der Waals surface area contributed by atoms with Crippen molar-refractivity contribution in [3.05, 3.63) is 59.4 Å². The molecule has 138 valence electrons. The molecule has 2 aromatic carbocycles. The van der Waals surface area contributed by atoms with Gasteiger partial charge in [0.15, 0.2) is 23.9 Å². The summed E-state index contributed by atoms with van der Waals surface area (Å²) in [5.41, 5.74) is 3.20. The van der Waals surface area contributed by atoms with Gasteiger partial charge in [0.1, 0.15) is 0 Å². The van der Waals surface area contributed by atoms with Crippen LogP contribution in [0.2, 0.25) is 0 Å². The monoisotopic (exact) mass is 375 g/mol. The van der Waals surface area contributed by atoms with Crippen LogP contribution in [0.15, 0.2) is 42.5 Å². The van der Waals surface area contributed by atoms with Crippen LogP contribution in [0.4, 0.5) is 0 Å². The molecule has 1 aromatic heterocycles. The minimum atomic E-state index is 0. The van der Waals surface area contributed by atoms with Crippen molar-refractivity contribution in [3.63, 3.8) is 0 Å². The molecule has 0 spiro atoms. The molecule has 0 aliphatic carbocycles. The molecule has 7 nitrogen and oxygen atoms in total. The van der Waals surface area contributed by atoms with Crippen LogP contribution in [0.25, 0.3) is 5.69 Å². The van der Waals surface area contributed by atoms with E-state index in [0.717, 1.165) is 17.8 Å². The Morgan fingerprint density at radius 3 is 2.54 bits per heavy atom. The van der Waals surface area contributed by atoms with Gasteiger partial charge in [0.2, 0.25) is 0 Å². The summed E-state index contributed by atoms with van der Waals surface area (Å²) in [5, 5.41) is 15.0. The average molecular weight is 376 g/mol. The molecule has 0 amide bonds. The molecule has 0 saturated heterocycles. The van der Waals surface area contributed by atoms with Gasteiger partial charge in [-0.15, -0.1) is 17.5 Å². The third kappa shape index (κ3) is 4.50. The molecule has 3 rings (SSSR count). The zero-order valence-corrected chi connectivity index (χ0v) is 15.8. The van der Waals surface area contributed by atoms with E-state index in [9.17, 15) is 0 Å². The minimum Gasteiger partial charge on any atom is -0.493 e. The first-order valence-corrected chi connectivity index (χ1v) is 8.00. The van der Waals surface area contributed by atoms with E-state index in [2.05, 4.69) is 20.8 Å². The van der Waals surface area contributed by atoms with Gasteiger partial charge in [0.25, 0.3) is 0 Å². The first-order chi connectivity index (χ1) is 12.2. The van der Waals surface area contributed by atoms with E-state index in [1.54, 1.807) is 11.8 Å². The van der Waals surface area contributed by atoms with Crippen molar-refractivity contribution < 1.29 is 9.47 Å². The van der Waals surface area contributed by atoms with Crippen molar-refractivity contribution in [1.29, 1.82) is 0 Å². The standard InChI is InChI=1S/C18H21N5O2.ClH/c1-13-4-7-15(8-5-13)23-18(20-21-22-23)12-25-16-9-6-14(11-19-2)10-17(16)24-3;/h4-10,19H,11-12H2,1-3H3;1H. The van der Waals surface area contributed by atoms with Gasteiger partial charge in [-0.25, -0.2) is 0 Å². The molecule has 0 bridgehead atoms. The molecule has 0 aliphatic heterocycles. The number of benzene rings is 2. The summed E-state index contributed by atoms with van der Waals surface area (Å²) < 4.78 is 13.0. The molecule has 1 N–H and O–H groups in total. The van der Waals surface area contributed by atoms with Gasteiger partial charge in [-0.05, 0) is 54.2 Å². The second-order valence-corrected chi connectivity index (χ2v) is 5.65. The second-order valence-electron chi connectivity index (χ2n) is 5.65. The van der Waals surface area contributed by atoms with Gasteiger partial charge < -0.3 is 14.8 Å². The van der Waals surface area contributed by atoms with Crippen LogP contribution in [0.1, 0.15) is 17.0 Å². The van der Waals surface area contributed by atoms with Gasteiger partial charge in [0, 0.05) is 6.54 Å². The molecule has 8 heteroatoms. The smallest absolute Gasteiger partial charge is 0.194 e. The van der Waals surface area contributed by atoms with Crippen LogP contribution in [-0.4, -0.2) is 34.4 Å². The molecule has 0 radical (unpaired) electrons. The van der Waals surface area contributed by atoms with E-state index >= 15 is 0 Å². The molecule has 0 fully saturated rings. The van der Waals surface area contributed by atoms with Crippen molar-refractivity contribution >= 4 is 12.4 Å². The normalized spacial score (nSPS) is 10.3. The fourth-order valence-electron chi connectivity index (χ4n) is 2.47. The highest BCUT2D eigenvalue weighted by Gasteiger charge is 2.11. The number of nitrogens with one attached hydrogen (secondary N) is 1. The first kappa shape index (κ1) is 19.7. The summed E-state index contributed by atoms with van der Waals surface area (Å²) in [6.07, 6.45) is 0. The van der Waals surface area contributed by atoms with E-state index in [-0.39, 0.29) is 19.0 Å². The predicted octanol–water partition coefficient (Wildman–Crippen LogP) is 2.70. The minimum absolute atomic E-state index is 0. The van der Waals surface area contributed by atoms with Crippen molar-refractivity contribution in [2.24, 2.45) is 0 Å². The van der Waals surface area contributed by atoms with Crippen LogP contribution in [0.5, 0.6) is 11.5 Å². The van der Waals surface area contributed by atoms with Crippen LogP contribution < -0.4 is 14.8 Å². The Kier molecular flexibility index (Phi) is 6.94. The Morgan fingerprint density at radius 1 is 1.08 bits per heavy atom. The summed E-state index contributed by atoms with van der Waals surface area (Å²) in [7, 11) is 3.53. The number of rotatable bonds is 7. The van der Waals surface area contributed by atoms with E-state index in [1.807, 2.05) is 56.4 Å². The van der Waals surface area contributed by atoms with E-state index in [1.165, 1.54) is 5.56 Å².